The van der Waals surface area contributed by atoms with E-state index in [4.69, 9.17) is 9.47 Å². The molecule has 0 radical (unpaired) electrons. The van der Waals surface area contributed by atoms with E-state index < -0.39 is 23.7 Å². The van der Waals surface area contributed by atoms with Crippen molar-refractivity contribution in [3.05, 3.63) is 59.4 Å². The molecule has 0 saturated carbocycles. The van der Waals surface area contributed by atoms with Gasteiger partial charge < -0.3 is 19.5 Å². The Hall–Kier alpha value is -3.09. The molecule has 1 N–H and O–H groups in total. The fraction of sp³-hybridized carbons (Fsp3) is 0.263. The van der Waals surface area contributed by atoms with Crippen molar-refractivity contribution < 1.29 is 28.2 Å². The van der Waals surface area contributed by atoms with E-state index in [0.29, 0.717) is 17.1 Å². The Labute approximate surface area is 150 Å². The Morgan fingerprint density at radius 1 is 1.04 bits per heavy atom. The molecule has 0 fully saturated rings. The summed E-state index contributed by atoms with van der Waals surface area (Å²) in [6.45, 7) is 0. The summed E-state index contributed by atoms with van der Waals surface area (Å²) < 4.78 is 28.2. The first-order valence-corrected chi connectivity index (χ1v) is 7.83. The van der Waals surface area contributed by atoms with Crippen LogP contribution in [0.2, 0.25) is 0 Å². The predicted octanol–water partition coefficient (Wildman–Crippen LogP) is 2.88. The summed E-state index contributed by atoms with van der Waals surface area (Å²) >= 11 is 0. The number of carbonyl (C=O) groups excluding carboxylic acids is 2. The highest BCUT2D eigenvalue weighted by Gasteiger charge is 2.22. The fourth-order valence-corrected chi connectivity index (χ4v) is 2.42. The number of carbonyl (C=O) groups is 2. The third kappa shape index (κ3) is 4.72. The molecule has 7 heteroatoms. The molecule has 0 heterocycles. The Kier molecular flexibility index (Phi) is 6.54. The van der Waals surface area contributed by atoms with Gasteiger partial charge in [0.05, 0.1) is 39.4 Å². The normalized spacial score (nSPS) is 11.4. The highest BCUT2D eigenvalue weighted by Crippen LogP contribution is 2.26. The minimum atomic E-state index is -0.678. The van der Waals surface area contributed by atoms with Crippen LogP contribution >= 0.6 is 0 Å². The van der Waals surface area contributed by atoms with Gasteiger partial charge in [-0.05, 0) is 29.8 Å². The van der Waals surface area contributed by atoms with Gasteiger partial charge in [0.2, 0.25) is 0 Å². The molecule has 0 unspecified atom stereocenters. The minimum Gasteiger partial charge on any atom is -0.497 e. The molecule has 0 aliphatic rings. The van der Waals surface area contributed by atoms with Crippen LogP contribution in [-0.4, -0.2) is 33.2 Å². The number of halogens is 1. The zero-order chi connectivity index (χ0) is 19.1. The van der Waals surface area contributed by atoms with Crippen molar-refractivity contribution in [1.29, 1.82) is 0 Å². The maximum Gasteiger partial charge on any atom is 0.307 e. The van der Waals surface area contributed by atoms with Crippen LogP contribution in [0.5, 0.6) is 11.5 Å². The second-order valence-corrected chi connectivity index (χ2v) is 5.42. The molecule has 2 rings (SSSR count). The average Bonchev–Trinajstić information content (AvgIpc) is 2.67. The van der Waals surface area contributed by atoms with E-state index in [-0.39, 0.29) is 12.0 Å². The second-order valence-electron chi connectivity index (χ2n) is 5.42. The van der Waals surface area contributed by atoms with Gasteiger partial charge in [0, 0.05) is 6.07 Å². The summed E-state index contributed by atoms with van der Waals surface area (Å²) in [5.41, 5.74) is 0.864. The van der Waals surface area contributed by atoms with Gasteiger partial charge in [-0.25, -0.2) is 4.39 Å². The minimum absolute atomic E-state index is 0.0909. The van der Waals surface area contributed by atoms with Gasteiger partial charge >= 0.3 is 5.97 Å². The zero-order valence-corrected chi connectivity index (χ0v) is 14.7. The highest BCUT2D eigenvalue weighted by atomic mass is 19.1. The summed E-state index contributed by atoms with van der Waals surface area (Å²) in [5.74, 6) is -0.474. The van der Waals surface area contributed by atoms with Gasteiger partial charge in [0.15, 0.2) is 0 Å². The molecule has 1 amide bonds. The number of amides is 1. The van der Waals surface area contributed by atoms with Gasteiger partial charge in [-0.2, -0.15) is 0 Å². The first kappa shape index (κ1) is 19.2. The van der Waals surface area contributed by atoms with E-state index in [1.54, 1.807) is 18.2 Å². The maximum atomic E-state index is 13.2. The number of rotatable bonds is 7. The van der Waals surface area contributed by atoms with Crippen LogP contribution in [-0.2, 0) is 9.53 Å². The smallest absolute Gasteiger partial charge is 0.307 e. The van der Waals surface area contributed by atoms with Crippen molar-refractivity contribution in [2.45, 2.75) is 12.5 Å². The summed E-state index contributed by atoms with van der Waals surface area (Å²) in [7, 11) is 4.21. The van der Waals surface area contributed by atoms with Gasteiger partial charge in [-0.1, -0.05) is 12.1 Å². The second kappa shape index (κ2) is 8.84. The molecule has 6 nitrogen and oxygen atoms in total. The Morgan fingerprint density at radius 3 is 2.31 bits per heavy atom. The molecule has 0 aliphatic heterocycles. The predicted molar refractivity (Wildman–Crippen MR) is 92.8 cm³/mol. The Bertz CT molecular complexity index is 776. The van der Waals surface area contributed by atoms with Crippen molar-refractivity contribution in [3.63, 3.8) is 0 Å². The topological polar surface area (TPSA) is 73.9 Å². The van der Waals surface area contributed by atoms with E-state index in [1.165, 1.54) is 45.6 Å². The third-order valence-electron chi connectivity index (χ3n) is 3.83. The summed E-state index contributed by atoms with van der Waals surface area (Å²) in [5, 5.41) is 2.76. The average molecular weight is 361 g/mol. The molecule has 2 aromatic carbocycles. The van der Waals surface area contributed by atoms with Crippen molar-refractivity contribution in [2.75, 3.05) is 21.3 Å². The number of methoxy groups -OCH3 is 3. The van der Waals surface area contributed by atoms with Crippen LogP contribution in [0, 0.1) is 5.82 Å². The lowest BCUT2D eigenvalue weighted by molar-refractivity contribution is -0.141. The van der Waals surface area contributed by atoms with Crippen LogP contribution in [0.1, 0.15) is 28.4 Å². The van der Waals surface area contributed by atoms with Crippen molar-refractivity contribution in [2.24, 2.45) is 0 Å². The molecular weight excluding hydrogens is 341 g/mol. The van der Waals surface area contributed by atoms with Gasteiger partial charge in [-0.3, -0.25) is 9.59 Å². The molecular formula is C19H20FNO5. The molecule has 0 saturated heterocycles. The number of nitrogens with one attached hydrogen (secondary N) is 1. The van der Waals surface area contributed by atoms with E-state index in [0.717, 1.165) is 0 Å². The number of hydrogen-bond acceptors (Lipinski definition) is 5. The molecule has 0 spiro atoms. The SMILES string of the molecule is COC(=O)C[C@@H](NC(=O)c1ccc(OC)cc1OC)c1ccc(F)cc1. The third-order valence-corrected chi connectivity index (χ3v) is 3.83. The van der Waals surface area contributed by atoms with Crippen molar-refractivity contribution in [3.8, 4) is 11.5 Å². The molecule has 0 bridgehead atoms. The fourth-order valence-electron chi connectivity index (χ4n) is 2.42. The maximum absolute atomic E-state index is 13.2. The monoisotopic (exact) mass is 361 g/mol. The molecule has 0 aromatic heterocycles. The molecule has 2 aromatic rings. The Balaban J connectivity index is 2.28. The number of ether oxygens (including phenoxy) is 3. The lowest BCUT2D eigenvalue weighted by Gasteiger charge is -2.19. The van der Waals surface area contributed by atoms with E-state index in [2.05, 4.69) is 10.1 Å². The van der Waals surface area contributed by atoms with Crippen LogP contribution in [0.3, 0.4) is 0 Å². The number of hydrogen-bond donors (Lipinski definition) is 1. The van der Waals surface area contributed by atoms with Crippen LogP contribution in [0.25, 0.3) is 0 Å². The van der Waals surface area contributed by atoms with E-state index in [9.17, 15) is 14.0 Å². The molecule has 26 heavy (non-hydrogen) atoms. The van der Waals surface area contributed by atoms with Gasteiger partial charge in [-0.15, -0.1) is 0 Å². The standard InChI is InChI=1S/C19H20FNO5/c1-24-14-8-9-15(17(10-14)25-2)19(23)21-16(11-18(22)26-3)12-4-6-13(20)7-5-12/h4-10,16H,11H2,1-3H3,(H,21,23)/t16-/m1/s1. The van der Waals surface area contributed by atoms with E-state index >= 15 is 0 Å². The van der Waals surface area contributed by atoms with Gasteiger partial charge in [0.25, 0.3) is 5.91 Å². The quantitative estimate of drug-likeness (QED) is 0.768. The van der Waals surface area contributed by atoms with Gasteiger partial charge in [0.1, 0.15) is 17.3 Å². The summed E-state index contributed by atoms with van der Waals surface area (Å²) in [6.07, 6.45) is -0.0909. The van der Waals surface area contributed by atoms with Crippen molar-refractivity contribution in [1.82, 2.24) is 5.32 Å². The molecule has 0 aliphatic carbocycles. The summed E-state index contributed by atoms with van der Waals surface area (Å²) in [4.78, 5) is 24.4. The number of esters is 1. The number of benzene rings is 2. The highest BCUT2D eigenvalue weighted by molar-refractivity contribution is 5.97. The largest absolute Gasteiger partial charge is 0.497 e. The van der Waals surface area contributed by atoms with E-state index in [1.807, 2.05) is 0 Å². The molecule has 1 atom stereocenters. The van der Waals surface area contributed by atoms with Crippen LogP contribution in [0.15, 0.2) is 42.5 Å². The van der Waals surface area contributed by atoms with Crippen LogP contribution < -0.4 is 14.8 Å². The lowest BCUT2D eigenvalue weighted by Crippen LogP contribution is -2.30. The lowest BCUT2D eigenvalue weighted by atomic mass is 10.0. The first-order chi connectivity index (χ1) is 12.5. The van der Waals surface area contributed by atoms with Crippen LogP contribution in [0.4, 0.5) is 4.39 Å². The zero-order valence-electron chi connectivity index (χ0n) is 14.7. The van der Waals surface area contributed by atoms with Crippen molar-refractivity contribution >= 4 is 11.9 Å². The first-order valence-electron chi connectivity index (χ1n) is 7.83. The Morgan fingerprint density at radius 2 is 1.73 bits per heavy atom. The molecule has 138 valence electrons. The summed E-state index contributed by atoms with van der Waals surface area (Å²) in [6, 6.07) is 9.64.